The minimum Gasteiger partial charge on any atom is -0.486 e. The third-order valence-corrected chi connectivity index (χ3v) is 5.61. The largest absolute Gasteiger partial charge is 0.486 e. The minimum atomic E-state index is -0.246. The summed E-state index contributed by atoms with van der Waals surface area (Å²) in [6.07, 6.45) is 5.42. The maximum atomic E-state index is 12.5. The van der Waals surface area contributed by atoms with Gasteiger partial charge < -0.3 is 25.0 Å². The van der Waals surface area contributed by atoms with Gasteiger partial charge in [0.2, 0.25) is 5.95 Å². The molecule has 4 rings (SSSR count). The van der Waals surface area contributed by atoms with E-state index in [1.165, 1.54) is 0 Å². The predicted octanol–water partition coefficient (Wildman–Crippen LogP) is 2.49. The second-order valence-electron chi connectivity index (χ2n) is 8.40. The maximum absolute atomic E-state index is 12.5. The maximum Gasteiger partial charge on any atom is 0.315 e. The number of amides is 2. The molecule has 8 heteroatoms. The molecule has 2 aliphatic rings. The van der Waals surface area contributed by atoms with E-state index in [-0.39, 0.29) is 17.5 Å². The molecule has 1 saturated heterocycles. The van der Waals surface area contributed by atoms with Gasteiger partial charge in [-0.3, -0.25) is 0 Å². The van der Waals surface area contributed by atoms with Crippen molar-refractivity contribution in [1.82, 2.24) is 20.6 Å². The molecule has 0 aliphatic carbocycles. The van der Waals surface area contributed by atoms with Gasteiger partial charge in [0.15, 0.2) is 11.5 Å². The number of piperidine rings is 1. The molecule has 0 spiro atoms. The molecule has 1 fully saturated rings. The number of fused-ring (bicyclic) bond motifs is 1. The van der Waals surface area contributed by atoms with Crippen molar-refractivity contribution >= 4 is 12.0 Å². The Morgan fingerprint density at radius 3 is 2.77 bits per heavy atom. The standard InChI is InChI=1S/C22H29N5O3/c1-22(2,16-6-7-18-19(13-16)30-12-11-29-18)15-25-21(28)26-17-5-3-10-27(14-17)20-23-8-4-9-24-20/h4,6-9,13,17H,3,5,10-12,14-15H2,1-2H3,(H2,25,26,28). The Morgan fingerprint density at radius 2 is 1.97 bits per heavy atom. The van der Waals surface area contributed by atoms with Crippen molar-refractivity contribution in [2.24, 2.45) is 0 Å². The van der Waals surface area contributed by atoms with Crippen molar-refractivity contribution in [2.45, 2.75) is 38.1 Å². The van der Waals surface area contributed by atoms with Crippen molar-refractivity contribution in [3.05, 3.63) is 42.2 Å². The summed E-state index contributed by atoms with van der Waals surface area (Å²) in [5.74, 6) is 2.25. The fourth-order valence-corrected chi connectivity index (χ4v) is 3.84. The molecule has 2 aliphatic heterocycles. The van der Waals surface area contributed by atoms with Gasteiger partial charge in [-0.1, -0.05) is 19.9 Å². The normalized spacial score (nSPS) is 18.6. The fraction of sp³-hybridized carbons (Fsp3) is 0.500. The molecule has 0 radical (unpaired) electrons. The van der Waals surface area contributed by atoms with E-state index in [2.05, 4.69) is 39.3 Å². The Morgan fingerprint density at radius 1 is 1.20 bits per heavy atom. The molecular weight excluding hydrogens is 382 g/mol. The van der Waals surface area contributed by atoms with Crippen molar-refractivity contribution < 1.29 is 14.3 Å². The summed E-state index contributed by atoms with van der Waals surface area (Å²) in [6.45, 7) is 7.47. The molecule has 0 saturated carbocycles. The number of hydrogen-bond donors (Lipinski definition) is 2. The van der Waals surface area contributed by atoms with Gasteiger partial charge in [-0.05, 0) is 36.6 Å². The molecule has 1 atom stereocenters. The zero-order chi connectivity index (χ0) is 21.0. The number of carbonyl (C=O) groups is 1. The van der Waals surface area contributed by atoms with Crippen LogP contribution in [0.3, 0.4) is 0 Å². The quantitative estimate of drug-likeness (QED) is 0.786. The third kappa shape index (κ3) is 4.75. The van der Waals surface area contributed by atoms with E-state index in [1.807, 2.05) is 18.2 Å². The molecular formula is C22H29N5O3. The van der Waals surface area contributed by atoms with E-state index in [0.29, 0.717) is 32.3 Å². The van der Waals surface area contributed by atoms with E-state index in [4.69, 9.17) is 9.47 Å². The van der Waals surface area contributed by atoms with Crippen molar-refractivity contribution in [2.75, 3.05) is 37.7 Å². The first-order chi connectivity index (χ1) is 14.5. The third-order valence-electron chi connectivity index (χ3n) is 5.61. The summed E-state index contributed by atoms with van der Waals surface area (Å²) in [7, 11) is 0. The lowest BCUT2D eigenvalue weighted by Crippen LogP contribution is -2.52. The van der Waals surface area contributed by atoms with Crippen LogP contribution in [0, 0.1) is 0 Å². The van der Waals surface area contributed by atoms with Crippen LogP contribution >= 0.6 is 0 Å². The van der Waals surface area contributed by atoms with Gasteiger partial charge in [0.25, 0.3) is 0 Å². The summed E-state index contributed by atoms with van der Waals surface area (Å²) < 4.78 is 11.3. The number of urea groups is 1. The van der Waals surface area contributed by atoms with E-state index in [1.54, 1.807) is 18.5 Å². The van der Waals surface area contributed by atoms with Gasteiger partial charge in [-0.2, -0.15) is 0 Å². The number of rotatable bonds is 5. The Bertz CT molecular complexity index is 874. The molecule has 1 unspecified atom stereocenters. The van der Waals surface area contributed by atoms with Crippen molar-refractivity contribution in [3.63, 3.8) is 0 Å². The number of nitrogens with one attached hydrogen (secondary N) is 2. The molecule has 160 valence electrons. The molecule has 2 aromatic rings. The highest BCUT2D eigenvalue weighted by Crippen LogP contribution is 2.34. The summed E-state index contributed by atoms with van der Waals surface area (Å²) in [5, 5.41) is 6.13. The Hall–Kier alpha value is -3.03. The zero-order valence-corrected chi connectivity index (χ0v) is 17.6. The van der Waals surface area contributed by atoms with Gasteiger partial charge in [0, 0.05) is 43.5 Å². The molecule has 2 N–H and O–H groups in total. The Labute approximate surface area is 177 Å². The first-order valence-electron chi connectivity index (χ1n) is 10.5. The van der Waals surface area contributed by atoms with E-state index >= 15 is 0 Å². The summed E-state index contributed by atoms with van der Waals surface area (Å²) in [6, 6.07) is 7.70. The lowest BCUT2D eigenvalue weighted by Gasteiger charge is -2.33. The second kappa shape index (κ2) is 8.77. The molecule has 8 nitrogen and oxygen atoms in total. The first kappa shape index (κ1) is 20.3. The lowest BCUT2D eigenvalue weighted by molar-refractivity contribution is 0.171. The highest BCUT2D eigenvalue weighted by Gasteiger charge is 2.26. The van der Waals surface area contributed by atoms with Crippen LogP contribution in [0.5, 0.6) is 11.5 Å². The Kier molecular flexibility index (Phi) is 5.92. The zero-order valence-electron chi connectivity index (χ0n) is 17.6. The topological polar surface area (TPSA) is 88.6 Å². The number of hydrogen-bond acceptors (Lipinski definition) is 6. The highest BCUT2D eigenvalue weighted by atomic mass is 16.6. The van der Waals surface area contributed by atoms with Crippen LogP contribution in [0.2, 0.25) is 0 Å². The predicted molar refractivity (Wildman–Crippen MR) is 114 cm³/mol. The van der Waals surface area contributed by atoms with E-state index in [9.17, 15) is 4.79 Å². The van der Waals surface area contributed by atoms with Crippen LogP contribution in [0.15, 0.2) is 36.7 Å². The monoisotopic (exact) mass is 411 g/mol. The second-order valence-corrected chi connectivity index (χ2v) is 8.40. The van der Waals surface area contributed by atoms with Gasteiger partial charge in [0.1, 0.15) is 13.2 Å². The lowest BCUT2D eigenvalue weighted by atomic mass is 9.84. The fourth-order valence-electron chi connectivity index (χ4n) is 3.84. The number of aromatic nitrogens is 2. The van der Waals surface area contributed by atoms with Gasteiger partial charge in [0.05, 0.1) is 0 Å². The first-order valence-corrected chi connectivity index (χ1v) is 10.5. The average Bonchev–Trinajstić information content (AvgIpc) is 2.78. The average molecular weight is 412 g/mol. The van der Waals surface area contributed by atoms with E-state index in [0.717, 1.165) is 36.4 Å². The van der Waals surface area contributed by atoms with Crippen LogP contribution in [0.25, 0.3) is 0 Å². The molecule has 1 aromatic carbocycles. The summed E-state index contributed by atoms with van der Waals surface area (Å²) >= 11 is 0. The number of anilines is 1. The number of carbonyl (C=O) groups excluding carboxylic acids is 1. The number of ether oxygens (including phenoxy) is 2. The highest BCUT2D eigenvalue weighted by molar-refractivity contribution is 5.74. The minimum absolute atomic E-state index is 0.0694. The van der Waals surface area contributed by atoms with Crippen LogP contribution in [0.1, 0.15) is 32.3 Å². The van der Waals surface area contributed by atoms with Crippen LogP contribution in [-0.4, -0.2) is 54.9 Å². The number of benzene rings is 1. The van der Waals surface area contributed by atoms with Crippen molar-refractivity contribution in [1.29, 1.82) is 0 Å². The summed E-state index contributed by atoms with van der Waals surface area (Å²) in [5.41, 5.74) is 0.848. The summed E-state index contributed by atoms with van der Waals surface area (Å²) in [4.78, 5) is 23.3. The number of nitrogens with zero attached hydrogens (tertiary/aromatic N) is 3. The van der Waals surface area contributed by atoms with Gasteiger partial charge in [-0.15, -0.1) is 0 Å². The van der Waals surface area contributed by atoms with Crippen LogP contribution in [-0.2, 0) is 5.41 Å². The SMILES string of the molecule is CC(C)(CNC(=O)NC1CCCN(c2ncccn2)C1)c1ccc2c(c1)OCCO2. The van der Waals surface area contributed by atoms with Crippen LogP contribution in [0.4, 0.5) is 10.7 Å². The molecule has 3 heterocycles. The van der Waals surface area contributed by atoms with Crippen LogP contribution < -0.4 is 25.0 Å². The van der Waals surface area contributed by atoms with Gasteiger partial charge in [-0.25, -0.2) is 14.8 Å². The van der Waals surface area contributed by atoms with Gasteiger partial charge >= 0.3 is 6.03 Å². The smallest absolute Gasteiger partial charge is 0.315 e. The Balaban J connectivity index is 1.30. The van der Waals surface area contributed by atoms with E-state index < -0.39 is 0 Å². The molecule has 0 bridgehead atoms. The van der Waals surface area contributed by atoms with Crippen molar-refractivity contribution in [3.8, 4) is 11.5 Å². The molecule has 2 amide bonds. The molecule has 30 heavy (non-hydrogen) atoms. The molecule has 1 aromatic heterocycles.